The first-order chi connectivity index (χ1) is 16.5. The Morgan fingerprint density at radius 3 is 2.40 bits per heavy atom. The molecule has 2 heterocycles. The predicted molar refractivity (Wildman–Crippen MR) is 129 cm³/mol. The van der Waals surface area contributed by atoms with E-state index in [4.69, 9.17) is 15.5 Å². The molecule has 35 heavy (non-hydrogen) atoms. The number of amides is 3. The number of H-pyrrole nitrogens is 1. The maximum Gasteiger partial charge on any atom is 0.408 e. The summed E-state index contributed by atoms with van der Waals surface area (Å²) in [6.45, 7) is 5.78. The van der Waals surface area contributed by atoms with Crippen LogP contribution in [0.2, 0.25) is 0 Å². The van der Waals surface area contributed by atoms with Crippen LogP contribution in [-0.4, -0.2) is 57.0 Å². The zero-order chi connectivity index (χ0) is 25.0. The summed E-state index contributed by atoms with van der Waals surface area (Å²) in [6, 6.07) is -1.52. The zero-order valence-electron chi connectivity index (χ0n) is 21.1. The number of likely N-dealkylation sites (tertiary alicyclic amines) is 1. The molecular weight excluding hydrogens is 446 g/mol. The number of nitrogens with two attached hydrogens (primary N) is 1. The van der Waals surface area contributed by atoms with Gasteiger partial charge < -0.3 is 25.7 Å². The molecule has 9 heteroatoms. The molecule has 4 N–H and O–H groups in total. The van der Waals surface area contributed by atoms with E-state index in [1.165, 1.54) is 43.4 Å². The van der Waals surface area contributed by atoms with Crippen LogP contribution in [0.4, 0.5) is 4.79 Å². The number of rotatable bonds is 6. The van der Waals surface area contributed by atoms with Crippen LogP contribution in [0.3, 0.4) is 0 Å². The SMILES string of the molecule is CC(C)(C)OC(=O)N[C@@H](Cc1cnc(C23CC4CC(CC(C4)C2)C3)[nH]1)C(=O)N1CCC[C@H]1C(N)=O. The van der Waals surface area contributed by atoms with Crippen LogP contribution in [0.15, 0.2) is 6.20 Å². The summed E-state index contributed by atoms with van der Waals surface area (Å²) in [4.78, 5) is 47.9. The minimum Gasteiger partial charge on any atom is -0.444 e. The van der Waals surface area contributed by atoms with Crippen molar-refractivity contribution in [2.45, 2.75) is 102 Å². The second-order valence-corrected chi connectivity index (χ2v) is 12.4. The maximum atomic E-state index is 13.5. The lowest BCUT2D eigenvalue weighted by atomic mass is 9.49. The molecule has 4 saturated carbocycles. The molecule has 5 aliphatic rings. The minimum absolute atomic E-state index is 0.122. The van der Waals surface area contributed by atoms with Crippen molar-refractivity contribution in [3.8, 4) is 0 Å². The van der Waals surface area contributed by atoms with Crippen molar-refractivity contribution in [2.24, 2.45) is 23.5 Å². The zero-order valence-corrected chi connectivity index (χ0v) is 21.1. The number of nitrogens with zero attached hydrogens (tertiary/aromatic N) is 2. The first-order valence-corrected chi connectivity index (χ1v) is 13.1. The van der Waals surface area contributed by atoms with Gasteiger partial charge in [0.15, 0.2) is 0 Å². The van der Waals surface area contributed by atoms with E-state index >= 15 is 0 Å². The third kappa shape index (κ3) is 4.91. The first kappa shape index (κ1) is 24.1. The normalized spacial score (nSPS) is 32.5. The van der Waals surface area contributed by atoms with E-state index in [0.717, 1.165) is 29.3 Å². The third-order valence-electron chi connectivity index (χ3n) is 8.45. The molecule has 4 bridgehead atoms. The van der Waals surface area contributed by atoms with E-state index in [1.54, 1.807) is 27.0 Å². The van der Waals surface area contributed by atoms with E-state index in [2.05, 4.69) is 10.3 Å². The Balaban J connectivity index is 1.35. The van der Waals surface area contributed by atoms with Crippen LogP contribution in [-0.2, 0) is 26.2 Å². The molecule has 6 rings (SSSR count). The molecule has 0 spiro atoms. The van der Waals surface area contributed by atoms with Crippen molar-refractivity contribution < 1.29 is 19.1 Å². The number of carbonyl (C=O) groups is 3. The molecule has 1 aromatic rings. The second-order valence-electron chi connectivity index (χ2n) is 12.4. The Bertz CT molecular complexity index is 961. The smallest absolute Gasteiger partial charge is 0.408 e. The summed E-state index contributed by atoms with van der Waals surface area (Å²) in [6.07, 6.45) is 10.3. The van der Waals surface area contributed by atoms with Crippen LogP contribution >= 0.6 is 0 Å². The average molecular weight is 486 g/mol. The van der Waals surface area contributed by atoms with Gasteiger partial charge >= 0.3 is 6.09 Å². The molecular formula is C26H39N5O4. The van der Waals surface area contributed by atoms with Crippen molar-refractivity contribution in [2.75, 3.05) is 6.54 Å². The molecule has 1 aromatic heterocycles. The summed E-state index contributed by atoms with van der Waals surface area (Å²) in [5, 5.41) is 2.75. The number of ether oxygens (including phenoxy) is 1. The van der Waals surface area contributed by atoms with Gasteiger partial charge in [-0.05, 0) is 89.9 Å². The number of hydrogen-bond donors (Lipinski definition) is 3. The van der Waals surface area contributed by atoms with Gasteiger partial charge in [-0.1, -0.05) is 0 Å². The highest BCUT2D eigenvalue weighted by molar-refractivity contribution is 5.91. The molecule has 0 aromatic carbocycles. The van der Waals surface area contributed by atoms with E-state index in [-0.39, 0.29) is 17.7 Å². The number of primary amides is 1. The number of aromatic amines is 1. The van der Waals surface area contributed by atoms with E-state index < -0.39 is 29.7 Å². The van der Waals surface area contributed by atoms with E-state index in [1.807, 2.05) is 0 Å². The van der Waals surface area contributed by atoms with Gasteiger partial charge in [0.05, 0.1) is 0 Å². The molecule has 3 amide bonds. The lowest BCUT2D eigenvalue weighted by Crippen LogP contribution is -2.54. The number of nitrogens with one attached hydrogen (secondary N) is 2. The average Bonchev–Trinajstić information content (AvgIpc) is 3.40. The Morgan fingerprint density at radius 1 is 1.20 bits per heavy atom. The number of aromatic nitrogens is 2. The lowest BCUT2D eigenvalue weighted by Gasteiger charge is -2.56. The van der Waals surface area contributed by atoms with Gasteiger partial charge in [0, 0.05) is 30.3 Å². The monoisotopic (exact) mass is 485 g/mol. The summed E-state index contributed by atoms with van der Waals surface area (Å²) in [5.41, 5.74) is 5.78. The standard InChI is InChI=1S/C26H39N5O4/c1-25(2,3)35-24(34)30-19(22(33)31-6-4-5-20(31)21(27)32)10-18-14-28-23(29-18)26-11-15-7-16(12-26)9-17(8-15)13-26/h14-17,19-20H,4-13H2,1-3H3,(H2,27,32)(H,28,29)(H,30,34)/t15?,16?,17?,19-,20-,26?/m0/s1. The van der Waals surface area contributed by atoms with Crippen LogP contribution in [0.1, 0.15) is 83.7 Å². The fourth-order valence-electron chi connectivity index (χ4n) is 7.53. The highest BCUT2D eigenvalue weighted by atomic mass is 16.6. The summed E-state index contributed by atoms with van der Waals surface area (Å²) >= 11 is 0. The fourth-order valence-corrected chi connectivity index (χ4v) is 7.53. The highest BCUT2D eigenvalue weighted by Crippen LogP contribution is 2.60. The fraction of sp³-hybridized carbons (Fsp3) is 0.769. The summed E-state index contributed by atoms with van der Waals surface area (Å²) in [5.74, 6) is 2.61. The van der Waals surface area contributed by atoms with Gasteiger partial charge in [0.2, 0.25) is 11.8 Å². The Kier molecular flexibility index (Phi) is 6.08. The van der Waals surface area contributed by atoms with Gasteiger partial charge in [-0.25, -0.2) is 9.78 Å². The maximum absolute atomic E-state index is 13.5. The number of carbonyl (C=O) groups excluding carboxylic acids is 3. The quantitative estimate of drug-likeness (QED) is 0.570. The molecule has 4 aliphatic carbocycles. The Morgan fingerprint density at radius 2 is 1.83 bits per heavy atom. The molecule has 192 valence electrons. The van der Waals surface area contributed by atoms with Crippen molar-refractivity contribution >= 4 is 17.9 Å². The van der Waals surface area contributed by atoms with Gasteiger partial charge in [0.25, 0.3) is 0 Å². The van der Waals surface area contributed by atoms with Crippen LogP contribution in [0, 0.1) is 17.8 Å². The second kappa shape index (κ2) is 8.82. The molecule has 0 radical (unpaired) electrons. The topological polar surface area (TPSA) is 130 Å². The van der Waals surface area contributed by atoms with Crippen molar-refractivity contribution in [3.63, 3.8) is 0 Å². The van der Waals surface area contributed by atoms with Gasteiger partial charge in [-0.3, -0.25) is 9.59 Å². The first-order valence-electron chi connectivity index (χ1n) is 13.1. The molecule has 2 atom stereocenters. The summed E-state index contributed by atoms with van der Waals surface area (Å²) < 4.78 is 5.42. The third-order valence-corrected chi connectivity index (χ3v) is 8.45. The highest BCUT2D eigenvalue weighted by Gasteiger charge is 2.53. The molecule has 1 saturated heterocycles. The van der Waals surface area contributed by atoms with Crippen molar-refractivity contribution in [1.29, 1.82) is 0 Å². The number of imidazole rings is 1. The molecule has 5 fully saturated rings. The number of hydrogen-bond acceptors (Lipinski definition) is 5. The van der Waals surface area contributed by atoms with Crippen molar-refractivity contribution in [1.82, 2.24) is 20.2 Å². The van der Waals surface area contributed by atoms with Crippen LogP contribution in [0.25, 0.3) is 0 Å². The lowest BCUT2D eigenvalue weighted by molar-refractivity contribution is -0.139. The van der Waals surface area contributed by atoms with Gasteiger partial charge in [-0.2, -0.15) is 0 Å². The molecule has 0 unspecified atom stereocenters. The summed E-state index contributed by atoms with van der Waals surface area (Å²) in [7, 11) is 0. The Hall–Kier alpha value is -2.58. The largest absolute Gasteiger partial charge is 0.444 e. The van der Waals surface area contributed by atoms with Crippen molar-refractivity contribution in [3.05, 3.63) is 17.7 Å². The minimum atomic E-state index is -0.880. The number of alkyl carbamates (subject to hydrolysis) is 1. The van der Waals surface area contributed by atoms with Gasteiger partial charge in [-0.15, -0.1) is 0 Å². The molecule has 1 aliphatic heterocycles. The molecule has 9 nitrogen and oxygen atoms in total. The predicted octanol–water partition coefficient (Wildman–Crippen LogP) is 2.79. The Labute approximate surface area is 206 Å². The van der Waals surface area contributed by atoms with Crippen LogP contribution < -0.4 is 11.1 Å². The van der Waals surface area contributed by atoms with Crippen LogP contribution in [0.5, 0.6) is 0 Å². The van der Waals surface area contributed by atoms with Gasteiger partial charge in [0.1, 0.15) is 23.5 Å². The van der Waals surface area contributed by atoms with E-state index in [0.29, 0.717) is 19.4 Å². The van der Waals surface area contributed by atoms with E-state index in [9.17, 15) is 14.4 Å².